The number of amides is 1. The molecule has 3 heterocycles. The lowest BCUT2D eigenvalue weighted by Gasteiger charge is -2.50. The summed E-state index contributed by atoms with van der Waals surface area (Å²) in [6, 6.07) is -0.139. The number of halogens is 3. The van der Waals surface area contributed by atoms with Crippen molar-refractivity contribution in [2.24, 2.45) is 0 Å². The molecule has 1 unspecified atom stereocenters. The molecule has 0 saturated carbocycles. The lowest BCUT2D eigenvalue weighted by atomic mass is 9.84. The van der Waals surface area contributed by atoms with Gasteiger partial charge in [0.05, 0.1) is 5.54 Å². The van der Waals surface area contributed by atoms with E-state index >= 15 is 0 Å². The number of rotatable bonds is 1. The number of aromatic nitrogens is 3. The molecule has 2 aliphatic heterocycles. The highest BCUT2D eigenvalue weighted by Crippen LogP contribution is 2.40. The summed E-state index contributed by atoms with van der Waals surface area (Å²) in [7, 11) is 0. The van der Waals surface area contributed by atoms with Crippen LogP contribution in [-0.4, -0.2) is 61.8 Å². The van der Waals surface area contributed by atoms with Crippen LogP contribution in [0.4, 0.5) is 18.0 Å². The molecule has 0 radical (unpaired) electrons. The molecular formula is C13H18F3N5O. The molecule has 1 aromatic rings. The van der Waals surface area contributed by atoms with E-state index in [1.807, 2.05) is 0 Å². The summed E-state index contributed by atoms with van der Waals surface area (Å²) in [5.74, 6) is -1.29. The van der Waals surface area contributed by atoms with Gasteiger partial charge in [-0.25, -0.2) is 9.78 Å². The van der Waals surface area contributed by atoms with Crippen LogP contribution in [0.25, 0.3) is 0 Å². The Balaban J connectivity index is 1.75. The van der Waals surface area contributed by atoms with Crippen molar-refractivity contribution in [1.29, 1.82) is 0 Å². The lowest BCUT2D eigenvalue weighted by molar-refractivity contribution is -0.144. The summed E-state index contributed by atoms with van der Waals surface area (Å²) in [4.78, 5) is 19.5. The molecule has 2 saturated heterocycles. The summed E-state index contributed by atoms with van der Waals surface area (Å²) < 4.78 is 38.3. The first-order valence-corrected chi connectivity index (χ1v) is 7.28. The minimum Gasteiger partial charge on any atom is -0.316 e. The maximum Gasteiger partial charge on any atom is 0.453 e. The van der Waals surface area contributed by atoms with Crippen molar-refractivity contribution < 1.29 is 18.0 Å². The van der Waals surface area contributed by atoms with Gasteiger partial charge in [-0.15, -0.1) is 5.10 Å². The zero-order chi connectivity index (χ0) is 16.1. The minimum atomic E-state index is -4.64. The second kappa shape index (κ2) is 4.94. The van der Waals surface area contributed by atoms with E-state index < -0.39 is 18.0 Å². The van der Waals surface area contributed by atoms with Crippen molar-refractivity contribution in [3.8, 4) is 0 Å². The second-order valence-corrected chi connectivity index (χ2v) is 6.23. The molecule has 2 aliphatic rings. The molecule has 1 aromatic heterocycles. The van der Waals surface area contributed by atoms with Crippen LogP contribution < -0.4 is 0 Å². The molecule has 0 aromatic carbocycles. The van der Waals surface area contributed by atoms with Crippen LogP contribution in [0.5, 0.6) is 0 Å². The van der Waals surface area contributed by atoms with E-state index in [2.05, 4.69) is 28.8 Å². The third kappa shape index (κ3) is 2.37. The zero-order valence-electron chi connectivity index (χ0n) is 12.5. The van der Waals surface area contributed by atoms with Crippen molar-refractivity contribution in [3.05, 3.63) is 12.2 Å². The Morgan fingerprint density at radius 3 is 2.45 bits per heavy atom. The van der Waals surface area contributed by atoms with Gasteiger partial charge in [-0.05, 0) is 26.7 Å². The van der Waals surface area contributed by atoms with Gasteiger partial charge < -0.3 is 4.90 Å². The number of nitrogens with zero attached hydrogens (tertiary/aromatic N) is 5. The molecule has 0 bridgehead atoms. The predicted molar refractivity (Wildman–Crippen MR) is 71.2 cm³/mol. The molecule has 1 spiro atoms. The maximum absolute atomic E-state index is 12.5. The third-order valence-corrected chi connectivity index (χ3v) is 4.64. The molecule has 3 rings (SSSR count). The van der Waals surface area contributed by atoms with Gasteiger partial charge in [0, 0.05) is 25.7 Å². The van der Waals surface area contributed by atoms with Crippen LogP contribution in [0, 0.1) is 0 Å². The number of carbonyl (C=O) groups is 1. The molecule has 1 atom stereocenters. The van der Waals surface area contributed by atoms with Crippen molar-refractivity contribution in [1.82, 2.24) is 24.6 Å². The van der Waals surface area contributed by atoms with Crippen LogP contribution in [-0.2, 0) is 6.18 Å². The highest BCUT2D eigenvalue weighted by molar-refractivity contribution is 5.77. The Hall–Kier alpha value is -1.64. The Morgan fingerprint density at radius 1 is 1.32 bits per heavy atom. The van der Waals surface area contributed by atoms with Crippen LogP contribution in [0.3, 0.4) is 0 Å². The summed E-state index contributed by atoms with van der Waals surface area (Å²) in [5, 5.41) is 3.27. The average molecular weight is 317 g/mol. The Bertz CT molecular complexity index is 584. The smallest absolute Gasteiger partial charge is 0.316 e. The number of hydrogen-bond donors (Lipinski definition) is 0. The Labute approximate surface area is 125 Å². The van der Waals surface area contributed by atoms with Gasteiger partial charge in [0.1, 0.15) is 6.33 Å². The molecule has 1 amide bonds. The Kier molecular flexibility index (Phi) is 3.42. The van der Waals surface area contributed by atoms with E-state index in [0.29, 0.717) is 17.3 Å². The minimum absolute atomic E-state index is 0.258. The summed E-state index contributed by atoms with van der Waals surface area (Å²) in [5.41, 5.74) is -0.258. The van der Waals surface area contributed by atoms with Crippen molar-refractivity contribution in [2.45, 2.75) is 44.4 Å². The number of hydrogen-bond acceptors (Lipinski definition) is 4. The highest BCUT2D eigenvalue weighted by Gasteiger charge is 2.52. The largest absolute Gasteiger partial charge is 0.453 e. The summed E-state index contributed by atoms with van der Waals surface area (Å²) in [6.07, 6.45) is -2.08. The van der Waals surface area contributed by atoms with Crippen molar-refractivity contribution >= 4 is 6.03 Å². The summed E-state index contributed by atoms with van der Waals surface area (Å²) >= 11 is 0. The quantitative estimate of drug-likeness (QED) is 0.793. The maximum atomic E-state index is 12.5. The monoisotopic (exact) mass is 317 g/mol. The van der Waals surface area contributed by atoms with Crippen molar-refractivity contribution in [3.63, 3.8) is 0 Å². The molecule has 0 aliphatic carbocycles. The van der Waals surface area contributed by atoms with Gasteiger partial charge in [0.2, 0.25) is 0 Å². The van der Waals surface area contributed by atoms with Gasteiger partial charge in [-0.2, -0.15) is 17.9 Å². The number of carbonyl (C=O) groups excluding carboxylic acids is 1. The lowest BCUT2D eigenvalue weighted by Crippen LogP contribution is -2.64. The van der Waals surface area contributed by atoms with E-state index in [4.69, 9.17) is 0 Å². The molecule has 0 N–H and O–H groups in total. The zero-order valence-corrected chi connectivity index (χ0v) is 12.5. The van der Waals surface area contributed by atoms with Crippen LogP contribution in [0.15, 0.2) is 6.33 Å². The fraction of sp³-hybridized carbons (Fsp3) is 0.769. The first kappa shape index (κ1) is 15.3. The first-order valence-electron chi connectivity index (χ1n) is 7.28. The topological polar surface area (TPSA) is 54.3 Å². The number of likely N-dealkylation sites (tertiary alicyclic amines) is 2. The molecule has 9 heteroatoms. The van der Waals surface area contributed by atoms with Gasteiger partial charge in [-0.3, -0.25) is 4.90 Å². The van der Waals surface area contributed by atoms with E-state index in [9.17, 15) is 18.0 Å². The van der Waals surface area contributed by atoms with Gasteiger partial charge in [0.15, 0.2) is 0 Å². The molecule has 122 valence electrons. The SMILES string of the molecule is CC(C)N1CCC2(CCN2C(=O)n2cnc(C(F)(F)F)n2)C1. The van der Waals surface area contributed by atoms with E-state index in [1.165, 1.54) is 0 Å². The van der Waals surface area contributed by atoms with E-state index in [-0.39, 0.29) is 5.54 Å². The molecule has 6 nitrogen and oxygen atoms in total. The highest BCUT2D eigenvalue weighted by atomic mass is 19.4. The third-order valence-electron chi connectivity index (χ3n) is 4.64. The molecule has 2 fully saturated rings. The van der Waals surface area contributed by atoms with Crippen LogP contribution in [0.2, 0.25) is 0 Å². The van der Waals surface area contributed by atoms with E-state index in [0.717, 1.165) is 32.3 Å². The standard InChI is InChI=1S/C13H18F3N5O/c1-9(2)19-5-3-12(7-19)4-6-20(12)11(22)21-8-17-10(18-21)13(14,15)16/h8-9H,3-7H2,1-2H3. The van der Waals surface area contributed by atoms with Crippen molar-refractivity contribution in [2.75, 3.05) is 19.6 Å². The van der Waals surface area contributed by atoms with Crippen LogP contribution in [0.1, 0.15) is 32.5 Å². The van der Waals surface area contributed by atoms with E-state index in [1.54, 1.807) is 4.90 Å². The van der Waals surface area contributed by atoms with Gasteiger partial charge in [0.25, 0.3) is 5.82 Å². The number of alkyl halides is 3. The van der Waals surface area contributed by atoms with Gasteiger partial charge >= 0.3 is 12.2 Å². The average Bonchev–Trinajstić information content (AvgIpc) is 3.05. The molecular weight excluding hydrogens is 299 g/mol. The summed E-state index contributed by atoms with van der Waals surface area (Å²) in [6.45, 7) is 6.39. The Morgan fingerprint density at radius 2 is 2.00 bits per heavy atom. The fourth-order valence-corrected chi connectivity index (χ4v) is 3.20. The second-order valence-electron chi connectivity index (χ2n) is 6.23. The van der Waals surface area contributed by atoms with Crippen LogP contribution >= 0.6 is 0 Å². The predicted octanol–water partition coefficient (Wildman–Crippen LogP) is 1.82. The normalized spacial score (nSPS) is 26.0. The first-order chi connectivity index (χ1) is 10.2. The molecule has 22 heavy (non-hydrogen) atoms. The van der Waals surface area contributed by atoms with Gasteiger partial charge in [-0.1, -0.05) is 0 Å². The fourth-order valence-electron chi connectivity index (χ4n) is 3.20.